The number of carbonyl (C=O) groups excluding carboxylic acids is 2. The van der Waals surface area contributed by atoms with Crippen molar-refractivity contribution >= 4 is 38.6 Å². The van der Waals surface area contributed by atoms with Crippen LogP contribution in [0, 0.1) is 5.92 Å². The number of nitrogens with two attached hydrogens (primary N) is 2. The van der Waals surface area contributed by atoms with Crippen LogP contribution in [0.4, 0.5) is 0 Å². The number of piperidine rings is 1. The van der Waals surface area contributed by atoms with Crippen LogP contribution in [0.1, 0.15) is 39.5 Å². The molecular formula is C27H40N6O5S. The second-order valence-electron chi connectivity index (χ2n) is 9.61. The van der Waals surface area contributed by atoms with E-state index < -0.39 is 16.1 Å². The van der Waals surface area contributed by atoms with Crippen LogP contribution >= 0.6 is 0 Å². The molecule has 0 radical (unpaired) electrons. The van der Waals surface area contributed by atoms with Crippen molar-refractivity contribution in [2.75, 3.05) is 39.8 Å². The fourth-order valence-corrected chi connectivity index (χ4v) is 6.11. The molecule has 1 aliphatic heterocycles. The van der Waals surface area contributed by atoms with Crippen LogP contribution in [0.15, 0.2) is 46.3 Å². The number of nitrogens with zero attached hydrogens (tertiary/aromatic N) is 3. The zero-order valence-electron chi connectivity index (χ0n) is 22.9. The summed E-state index contributed by atoms with van der Waals surface area (Å²) in [5, 5.41) is 1.56. The Morgan fingerprint density at radius 2 is 1.77 bits per heavy atom. The van der Waals surface area contributed by atoms with Gasteiger partial charge in [-0.1, -0.05) is 12.1 Å². The number of hydrogen-bond acceptors (Lipinski definition) is 6. The van der Waals surface area contributed by atoms with Gasteiger partial charge >= 0.3 is 0 Å². The number of nitrogens with one attached hydrogen (secondary N) is 1. The summed E-state index contributed by atoms with van der Waals surface area (Å²) < 4.78 is 34.7. The first-order valence-corrected chi connectivity index (χ1v) is 14.8. The van der Waals surface area contributed by atoms with Gasteiger partial charge in [0, 0.05) is 38.6 Å². The van der Waals surface area contributed by atoms with E-state index in [1.54, 1.807) is 36.3 Å². The maximum atomic E-state index is 13.6. The topological polar surface area (TPSA) is 160 Å². The van der Waals surface area contributed by atoms with Crippen molar-refractivity contribution in [3.8, 4) is 5.75 Å². The number of aliphatic imine (C=N–C) groups is 1. The molecule has 0 aromatic heterocycles. The van der Waals surface area contributed by atoms with E-state index >= 15 is 0 Å². The highest BCUT2D eigenvalue weighted by Crippen LogP contribution is 2.25. The van der Waals surface area contributed by atoms with Crippen molar-refractivity contribution in [3.63, 3.8) is 0 Å². The molecule has 2 amide bonds. The fraction of sp³-hybridized carbons (Fsp3) is 0.519. The number of methoxy groups -OCH3 is 1. The molecule has 0 saturated carbocycles. The quantitative estimate of drug-likeness (QED) is 0.202. The maximum Gasteiger partial charge on any atom is 0.241 e. The summed E-state index contributed by atoms with van der Waals surface area (Å²) >= 11 is 0. The van der Waals surface area contributed by atoms with E-state index in [-0.39, 0.29) is 41.6 Å². The number of rotatable bonds is 12. The molecule has 39 heavy (non-hydrogen) atoms. The van der Waals surface area contributed by atoms with Crippen LogP contribution in [-0.4, -0.2) is 81.9 Å². The molecule has 0 bridgehead atoms. The first-order chi connectivity index (χ1) is 18.6. The lowest BCUT2D eigenvalue weighted by atomic mass is 9.94. The predicted octanol–water partition coefficient (Wildman–Crippen LogP) is 1.66. The molecule has 0 aliphatic carbocycles. The van der Waals surface area contributed by atoms with Gasteiger partial charge in [-0.25, -0.2) is 8.42 Å². The minimum atomic E-state index is -4.03. The van der Waals surface area contributed by atoms with Gasteiger partial charge in [-0.05, 0) is 74.6 Å². The lowest BCUT2D eigenvalue weighted by Gasteiger charge is -2.35. The smallest absolute Gasteiger partial charge is 0.241 e. The van der Waals surface area contributed by atoms with Crippen LogP contribution in [0.3, 0.4) is 0 Å². The summed E-state index contributed by atoms with van der Waals surface area (Å²) in [6, 6.07) is 9.21. The summed E-state index contributed by atoms with van der Waals surface area (Å²) in [7, 11) is -2.49. The van der Waals surface area contributed by atoms with Crippen molar-refractivity contribution in [2.45, 2.75) is 50.5 Å². The largest absolute Gasteiger partial charge is 0.497 e. The molecule has 1 heterocycles. The second kappa shape index (κ2) is 13.6. The van der Waals surface area contributed by atoms with E-state index in [0.717, 1.165) is 5.39 Å². The number of hydrogen-bond donors (Lipinski definition) is 3. The SMILES string of the molecule is CCN(CC)C(=O)C1CCN(C(=O)[C@H](CCCN=C(N)N)NS(=O)(=O)c2ccc3ccc(OC)cc3c2)CC1. The molecule has 1 aliphatic rings. The number of fused-ring (bicyclic) bond motifs is 1. The van der Waals surface area contributed by atoms with E-state index in [2.05, 4.69) is 9.71 Å². The first-order valence-electron chi connectivity index (χ1n) is 13.3. The number of carbonyl (C=O) groups is 2. The number of guanidine groups is 1. The molecule has 214 valence electrons. The summed E-state index contributed by atoms with van der Waals surface area (Å²) in [5.41, 5.74) is 10.8. The van der Waals surface area contributed by atoms with Crippen molar-refractivity contribution in [1.29, 1.82) is 0 Å². The van der Waals surface area contributed by atoms with Crippen molar-refractivity contribution in [1.82, 2.24) is 14.5 Å². The van der Waals surface area contributed by atoms with Crippen molar-refractivity contribution in [3.05, 3.63) is 36.4 Å². The summed E-state index contributed by atoms with van der Waals surface area (Å²) in [6.07, 6.45) is 1.71. The molecular weight excluding hydrogens is 520 g/mol. The average molecular weight is 561 g/mol. The number of ether oxygens (including phenoxy) is 1. The Labute approximate surface area is 230 Å². The summed E-state index contributed by atoms with van der Waals surface area (Å²) in [6.45, 7) is 6.24. The summed E-state index contributed by atoms with van der Waals surface area (Å²) in [4.78, 5) is 33.8. The van der Waals surface area contributed by atoms with Gasteiger partial charge in [0.25, 0.3) is 0 Å². The number of amides is 2. The molecule has 3 rings (SSSR count). The molecule has 2 aromatic carbocycles. The Balaban J connectivity index is 1.77. The third kappa shape index (κ3) is 7.82. The van der Waals surface area contributed by atoms with Crippen LogP contribution in [0.5, 0.6) is 5.75 Å². The molecule has 5 N–H and O–H groups in total. The standard InChI is InChI=1S/C27H40N6O5S/c1-4-32(5-2)25(34)20-12-15-33(16-13-20)26(35)24(7-6-14-30-27(28)29)31-39(36,37)23-11-9-19-8-10-22(38-3)17-21(19)18-23/h8-11,17-18,20,24,31H,4-7,12-16H2,1-3H3,(H4,28,29,30)/t24-/m0/s1. The van der Waals surface area contributed by atoms with Gasteiger partial charge in [0.2, 0.25) is 21.8 Å². The molecule has 1 fully saturated rings. The Morgan fingerprint density at radius 1 is 1.10 bits per heavy atom. The van der Waals surface area contributed by atoms with Gasteiger partial charge in [-0.2, -0.15) is 4.72 Å². The highest BCUT2D eigenvalue weighted by Gasteiger charge is 2.34. The predicted molar refractivity (Wildman–Crippen MR) is 152 cm³/mol. The summed E-state index contributed by atoms with van der Waals surface area (Å²) in [5.74, 6) is 0.195. The zero-order chi connectivity index (χ0) is 28.6. The van der Waals surface area contributed by atoms with Gasteiger partial charge in [-0.3, -0.25) is 14.6 Å². The number of sulfonamides is 1. The lowest BCUT2D eigenvalue weighted by molar-refractivity contribution is -0.141. The van der Waals surface area contributed by atoms with Gasteiger partial charge in [0.05, 0.1) is 12.0 Å². The highest BCUT2D eigenvalue weighted by atomic mass is 32.2. The number of benzene rings is 2. The lowest BCUT2D eigenvalue weighted by Crippen LogP contribution is -2.52. The number of likely N-dealkylation sites (tertiary alicyclic amines) is 1. The second-order valence-corrected chi connectivity index (χ2v) is 11.3. The van der Waals surface area contributed by atoms with Gasteiger partial charge in [0.1, 0.15) is 11.8 Å². The van der Waals surface area contributed by atoms with E-state index in [9.17, 15) is 18.0 Å². The van der Waals surface area contributed by atoms with E-state index in [1.165, 1.54) is 6.07 Å². The third-order valence-corrected chi connectivity index (χ3v) is 8.57. The van der Waals surface area contributed by atoms with Gasteiger partial charge in [-0.15, -0.1) is 0 Å². The van der Waals surface area contributed by atoms with Crippen LogP contribution < -0.4 is 20.9 Å². The van der Waals surface area contributed by atoms with Crippen LogP contribution in [0.2, 0.25) is 0 Å². The zero-order valence-corrected chi connectivity index (χ0v) is 23.7. The Bertz CT molecular complexity index is 1280. The van der Waals surface area contributed by atoms with E-state index in [4.69, 9.17) is 16.2 Å². The molecule has 12 heteroatoms. The van der Waals surface area contributed by atoms with E-state index in [1.807, 2.05) is 24.8 Å². The van der Waals surface area contributed by atoms with Gasteiger partial charge in [0.15, 0.2) is 5.96 Å². The Hall–Kier alpha value is -3.38. The Morgan fingerprint density at radius 3 is 2.38 bits per heavy atom. The minimum Gasteiger partial charge on any atom is -0.497 e. The average Bonchev–Trinajstić information content (AvgIpc) is 2.94. The molecule has 2 aromatic rings. The Kier molecular flexibility index (Phi) is 10.5. The fourth-order valence-electron chi connectivity index (χ4n) is 4.85. The molecule has 0 spiro atoms. The third-order valence-electron chi connectivity index (χ3n) is 7.10. The molecule has 1 atom stereocenters. The highest BCUT2D eigenvalue weighted by molar-refractivity contribution is 7.89. The first kappa shape index (κ1) is 30.2. The molecule has 1 saturated heterocycles. The van der Waals surface area contributed by atoms with E-state index in [0.29, 0.717) is 56.6 Å². The monoisotopic (exact) mass is 560 g/mol. The minimum absolute atomic E-state index is 0.0498. The maximum absolute atomic E-state index is 13.6. The van der Waals surface area contributed by atoms with Gasteiger partial charge < -0.3 is 26.0 Å². The van der Waals surface area contributed by atoms with Crippen molar-refractivity contribution in [2.24, 2.45) is 22.4 Å². The molecule has 11 nitrogen and oxygen atoms in total. The van der Waals surface area contributed by atoms with Crippen LogP contribution in [0.25, 0.3) is 10.8 Å². The van der Waals surface area contributed by atoms with Crippen LogP contribution in [-0.2, 0) is 19.6 Å². The molecule has 0 unspecified atom stereocenters. The normalized spacial score (nSPS) is 15.1. The van der Waals surface area contributed by atoms with Crippen molar-refractivity contribution < 1.29 is 22.7 Å².